The Morgan fingerprint density at radius 1 is 1.22 bits per heavy atom. The molecule has 1 heterocycles. The molecule has 1 aromatic heterocycles. The number of oxime groups is 1. The van der Waals surface area contributed by atoms with Crippen molar-refractivity contribution in [3.05, 3.63) is 66.4 Å². The lowest BCUT2D eigenvalue weighted by atomic mass is 10.1. The van der Waals surface area contributed by atoms with Crippen molar-refractivity contribution in [2.24, 2.45) is 12.2 Å². The summed E-state index contributed by atoms with van der Waals surface area (Å²) >= 11 is 12.4. The number of ether oxygens (including phenoxy) is 2. The van der Waals surface area contributed by atoms with Gasteiger partial charge >= 0.3 is 11.9 Å². The fourth-order valence-electron chi connectivity index (χ4n) is 2.52. The Kier molecular flexibility index (Phi) is 8.16. The molecule has 1 aromatic carbocycles. The van der Waals surface area contributed by atoms with Crippen LogP contribution in [-0.4, -0.2) is 35.5 Å². The van der Waals surface area contributed by atoms with Gasteiger partial charge < -0.3 is 14.3 Å². The maximum absolute atomic E-state index is 13.1. The lowest BCUT2D eigenvalue weighted by molar-refractivity contribution is -0.144. The quantitative estimate of drug-likeness (QED) is 0.263. The minimum atomic E-state index is -4.87. The third kappa shape index (κ3) is 5.72. The minimum Gasteiger partial charge on any atom is -0.445 e. The van der Waals surface area contributed by atoms with Crippen LogP contribution in [0.15, 0.2) is 44.0 Å². The first kappa shape index (κ1) is 25.5. The molecule has 0 aliphatic heterocycles. The molecule has 0 bridgehead atoms. The topological polar surface area (TPSA) is 84.0 Å². The SMILES string of the molecule is CO/N=C(OC(C)OC)/C(Cl)=C/c1cc(-n2c(=O)cc(C(F)(F)F)n(C)c2=O)ccc1Cl. The number of rotatable bonds is 6. The normalized spacial score (nSPS) is 13.8. The summed E-state index contributed by atoms with van der Waals surface area (Å²) in [6.07, 6.45) is -4.28. The van der Waals surface area contributed by atoms with Gasteiger partial charge in [0.1, 0.15) is 17.8 Å². The van der Waals surface area contributed by atoms with Gasteiger partial charge in [0.2, 0.25) is 0 Å². The van der Waals surface area contributed by atoms with Gasteiger partial charge in [-0.2, -0.15) is 13.2 Å². The van der Waals surface area contributed by atoms with Crippen LogP contribution in [-0.2, 0) is 27.5 Å². The molecular formula is C19H18Cl2F3N3O5. The van der Waals surface area contributed by atoms with Crippen LogP contribution in [0.5, 0.6) is 0 Å². The summed E-state index contributed by atoms with van der Waals surface area (Å²) in [5.74, 6) is -0.146. The van der Waals surface area contributed by atoms with E-state index in [4.69, 9.17) is 32.7 Å². The van der Waals surface area contributed by atoms with E-state index in [1.54, 1.807) is 6.92 Å². The number of benzene rings is 1. The van der Waals surface area contributed by atoms with Crippen LogP contribution >= 0.6 is 23.2 Å². The van der Waals surface area contributed by atoms with E-state index in [1.165, 1.54) is 38.5 Å². The van der Waals surface area contributed by atoms with E-state index in [-0.39, 0.29) is 27.2 Å². The number of halogens is 5. The molecule has 174 valence electrons. The molecule has 0 saturated carbocycles. The molecule has 2 aromatic rings. The van der Waals surface area contributed by atoms with E-state index >= 15 is 0 Å². The van der Waals surface area contributed by atoms with Gasteiger partial charge in [-0.3, -0.25) is 9.36 Å². The van der Waals surface area contributed by atoms with Gasteiger partial charge in [-0.15, -0.1) is 0 Å². The largest absolute Gasteiger partial charge is 0.445 e. The minimum absolute atomic E-state index is 0.0270. The lowest BCUT2D eigenvalue weighted by Crippen LogP contribution is -2.40. The Hall–Kier alpha value is -2.76. The predicted molar refractivity (Wildman–Crippen MR) is 113 cm³/mol. The number of methoxy groups -OCH3 is 1. The van der Waals surface area contributed by atoms with Gasteiger partial charge in [0, 0.05) is 25.2 Å². The van der Waals surface area contributed by atoms with Crippen LogP contribution in [0.2, 0.25) is 5.02 Å². The average molecular weight is 496 g/mol. The molecule has 1 unspecified atom stereocenters. The molecule has 2 rings (SSSR count). The summed E-state index contributed by atoms with van der Waals surface area (Å²) in [6, 6.07) is 4.28. The van der Waals surface area contributed by atoms with Crippen molar-refractivity contribution in [3.63, 3.8) is 0 Å². The monoisotopic (exact) mass is 495 g/mol. The second-order valence-electron chi connectivity index (χ2n) is 6.24. The Bertz CT molecular complexity index is 1170. The molecule has 0 spiro atoms. The third-order valence-electron chi connectivity index (χ3n) is 4.12. The molecule has 32 heavy (non-hydrogen) atoms. The second kappa shape index (κ2) is 10.2. The molecule has 0 radical (unpaired) electrons. The summed E-state index contributed by atoms with van der Waals surface area (Å²) in [6.45, 7) is 1.58. The fourth-order valence-corrected chi connectivity index (χ4v) is 2.89. The van der Waals surface area contributed by atoms with Crippen molar-refractivity contribution < 1.29 is 27.5 Å². The van der Waals surface area contributed by atoms with Crippen molar-refractivity contribution in [2.75, 3.05) is 14.2 Å². The number of hydrogen-bond acceptors (Lipinski definition) is 6. The molecule has 0 N–H and O–H groups in total. The van der Waals surface area contributed by atoms with Crippen LogP contribution < -0.4 is 11.2 Å². The van der Waals surface area contributed by atoms with Crippen LogP contribution in [0.25, 0.3) is 11.8 Å². The number of nitrogens with zero attached hydrogens (tertiary/aromatic N) is 3. The summed E-state index contributed by atoms with van der Waals surface area (Å²) in [5.41, 5.74) is -3.53. The maximum Gasteiger partial charge on any atom is 0.431 e. The van der Waals surface area contributed by atoms with E-state index < -0.39 is 29.4 Å². The van der Waals surface area contributed by atoms with Crippen molar-refractivity contribution >= 4 is 35.2 Å². The van der Waals surface area contributed by atoms with Gasteiger partial charge in [0.05, 0.1) is 5.69 Å². The zero-order valence-corrected chi connectivity index (χ0v) is 18.7. The van der Waals surface area contributed by atoms with E-state index in [0.717, 1.165) is 7.05 Å². The van der Waals surface area contributed by atoms with Crippen LogP contribution in [0.3, 0.4) is 0 Å². The summed E-state index contributed by atoms with van der Waals surface area (Å²) < 4.78 is 50.5. The van der Waals surface area contributed by atoms with E-state index in [2.05, 4.69) is 9.99 Å². The molecular weight excluding hydrogens is 478 g/mol. The Labute approximate surface area is 190 Å². The first-order valence-corrected chi connectivity index (χ1v) is 9.54. The van der Waals surface area contributed by atoms with E-state index in [1.807, 2.05) is 0 Å². The average Bonchev–Trinajstić information content (AvgIpc) is 2.71. The van der Waals surface area contributed by atoms with Gasteiger partial charge in [0.25, 0.3) is 11.5 Å². The maximum atomic E-state index is 13.1. The van der Waals surface area contributed by atoms with Crippen LogP contribution in [0, 0.1) is 0 Å². The van der Waals surface area contributed by atoms with E-state index in [9.17, 15) is 22.8 Å². The van der Waals surface area contributed by atoms with Crippen molar-refractivity contribution in [3.8, 4) is 5.69 Å². The second-order valence-corrected chi connectivity index (χ2v) is 7.06. The number of hydrogen-bond donors (Lipinski definition) is 0. The fraction of sp³-hybridized carbons (Fsp3) is 0.316. The summed E-state index contributed by atoms with van der Waals surface area (Å²) in [7, 11) is 3.58. The van der Waals surface area contributed by atoms with Gasteiger partial charge in [-0.25, -0.2) is 9.36 Å². The standard InChI is InChI=1S/C19H18Cl2F3N3O5/c1-10(30-3)32-17(25-31-4)14(21)8-11-7-12(5-6-13(11)20)27-16(28)9-15(19(22,23)24)26(2)18(27)29/h5-10H,1-4H3/b14-8-,25-17-. The zero-order valence-electron chi connectivity index (χ0n) is 17.2. The first-order valence-electron chi connectivity index (χ1n) is 8.79. The molecule has 0 saturated heterocycles. The van der Waals surface area contributed by atoms with Crippen molar-refractivity contribution in [1.29, 1.82) is 0 Å². The highest BCUT2D eigenvalue weighted by Crippen LogP contribution is 2.27. The molecule has 0 aliphatic carbocycles. The molecule has 0 aliphatic rings. The molecule has 13 heteroatoms. The van der Waals surface area contributed by atoms with Crippen LogP contribution in [0.4, 0.5) is 13.2 Å². The Balaban J connectivity index is 2.61. The molecule has 1 atom stereocenters. The summed E-state index contributed by atoms with van der Waals surface area (Å²) in [5, 5.41) is 3.75. The van der Waals surface area contributed by atoms with Crippen molar-refractivity contribution in [2.45, 2.75) is 19.4 Å². The predicted octanol–water partition coefficient (Wildman–Crippen LogP) is 3.76. The van der Waals surface area contributed by atoms with Crippen LogP contribution in [0.1, 0.15) is 18.2 Å². The zero-order chi connectivity index (χ0) is 24.2. The number of aromatic nitrogens is 2. The Morgan fingerprint density at radius 2 is 1.88 bits per heavy atom. The third-order valence-corrected chi connectivity index (χ3v) is 4.73. The van der Waals surface area contributed by atoms with Gasteiger partial charge in [0.15, 0.2) is 6.29 Å². The molecule has 0 fully saturated rings. The lowest BCUT2D eigenvalue weighted by Gasteiger charge is -2.15. The van der Waals surface area contributed by atoms with Crippen molar-refractivity contribution in [1.82, 2.24) is 9.13 Å². The highest BCUT2D eigenvalue weighted by molar-refractivity contribution is 6.44. The smallest absolute Gasteiger partial charge is 0.431 e. The summed E-state index contributed by atoms with van der Waals surface area (Å²) in [4.78, 5) is 29.5. The highest BCUT2D eigenvalue weighted by Gasteiger charge is 2.35. The highest BCUT2D eigenvalue weighted by atomic mass is 35.5. The molecule has 0 amide bonds. The van der Waals surface area contributed by atoms with E-state index in [0.29, 0.717) is 15.2 Å². The van der Waals surface area contributed by atoms with Gasteiger partial charge in [-0.1, -0.05) is 23.2 Å². The van der Waals surface area contributed by atoms with Gasteiger partial charge in [-0.05, 0) is 41.9 Å². The molecule has 8 nitrogen and oxygen atoms in total. The Morgan fingerprint density at radius 3 is 2.44 bits per heavy atom. The number of alkyl halides is 3. The first-order chi connectivity index (χ1) is 14.9.